The minimum absolute atomic E-state index is 0.164. The fraction of sp³-hybridized carbons (Fsp3) is 0. The maximum Gasteiger partial charge on any atom is 0.351 e. The van der Waals surface area contributed by atoms with Gasteiger partial charge in [-0.25, -0.2) is 14.4 Å². The lowest BCUT2D eigenvalue weighted by Crippen LogP contribution is -2.15. The van der Waals surface area contributed by atoms with Gasteiger partial charge in [-0.3, -0.25) is 10.1 Å². The van der Waals surface area contributed by atoms with Crippen molar-refractivity contribution in [1.29, 1.82) is 0 Å². The quantitative estimate of drug-likeness (QED) is 0.181. The van der Waals surface area contributed by atoms with Crippen molar-refractivity contribution in [3.05, 3.63) is 77.0 Å². The Hall–Kier alpha value is -3.05. The van der Waals surface area contributed by atoms with Crippen molar-refractivity contribution >= 4 is 60.5 Å². The molecule has 0 aliphatic heterocycles. The number of esters is 1. The van der Waals surface area contributed by atoms with Crippen LogP contribution in [-0.2, 0) is 0 Å². The van der Waals surface area contributed by atoms with Crippen LogP contribution < -0.4 is 10.4 Å². The van der Waals surface area contributed by atoms with E-state index in [1.165, 1.54) is 24.3 Å². The molecule has 0 radical (unpaired) electrons. The summed E-state index contributed by atoms with van der Waals surface area (Å²) in [6, 6.07) is 7.71. The molecule has 1 aromatic heterocycles. The molecule has 9 nitrogen and oxygen atoms in total. The Morgan fingerprint density at radius 1 is 1.14 bits per heavy atom. The molecule has 11 heteroatoms. The number of para-hydroxylation sites is 1. The molecule has 1 N–H and O–H groups in total. The summed E-state index contributed by atoms with van der Waals surface area (Å²) in [5.74, 6) is -2.77. The molecule has 142 valence electrons. The number of rotatable bonds is 4. The number of hydrogen-bond acceptors (Lipinski definition) is 7. The summed E-state index contributed by atoms with van der Waals surface area (Å²) in [4.78, 5) is 46.0. The maximum absolute atomic E-state index is 12.5. The molecule has 0 fully saturated rings. The number of carboxylic acid groups (broad SMARTS) is 1. The number of nitrogens with zero attached hydrogens (tertiary/aromatic N) is 1. The van der Waals surface area contributed by atoms with E-state index in [1.807, 2.05) is 0 Å². The number of nitro benzene ring substituents is 1. The van der Waals surface area contributed by atoms with Crippen LogP contribution in [0.1, 0.15) is 20.7 Å². The number of halogens is 2. The van der Waals surface area contributed by atoms with Crippen molar-refractivity contribution < 1.29 is 28.8 Å². The standard InChI is InChI=1S/C17H7Br2NO8/c18-10-6-7-5-9(15(21)22)17(24)27-13(7)14(12(10)19)28-16(23)8-3-1-2-4-11(8)20(25)26/h1-6H,(H,21,22). The Labute approximate surface area is 171 Å². The van der Waals surface area contributed by atoms with E-state index in [4.69, 9.17) is 14.3 Å². The molecule has 0 saturated heterocycles. The molecule has 0 atom stereocenters. The lowest BCUT2D eigenvalue weighted by Gasteiger charge is -2.11. The van der Waals surface area contributed by atoms with E-state index < -0.39 is 33.7 Å². The Bertz CT molecular complexity index is 1220. The largest absolute Gasteiger partial charge is 0.477 e. The lowest BCUT2D eigenvalue weighted by molar-refractivity contribution is -0.385. The SMILES string of the molecule is O=C(Oc1c(Br)c(Br)cc2cc(C(=O)O)c(=O)oc12)c1ccccc1[N+](=O)[O-]. The molecule has 1 heterocycles. The van der Waals surface area contributed by atoms with Crippen LogP contribution in [0.5, 0.6) is 5.75 Å². The van der Waals surface area contributed by atoms with Crippen molar-refractivity contribution in [2.45, 2.75) is 0 Å². The van der Waals surface area contributed by atoms with Crippen LogP contribution in [0.4, 0.5) is 5.69 Å². The van der Waals surface area contributed by atoms with Crippen molar-refractivity contribution in [2.75, 3.05) is 0 Å². The van der Waals surface area contributed by atoms with Gasteiger partial charge < -0.3 is 14.3 Å². The van der Waals surface area contributed by atoms with E-state index in [-0.39, 0.29) is 26.8 Å². The summed E-state index contributed by atoms with van der Waals surface area (Å²) in [6.07, 6.45) is 0. The van der Waals surface area contributed by atoms with Gasteiger partial charge in [-0.15, -0.1) is 0 Å². The fourth-order valence-corrected chi connectivity index (χ4v) is 3.17. The second kappa shape index (κ2) is 7.52. The predicted molar refractivity (Wildman–Crippen MR) is 103 cm³/mol. The highest BCUT2D eigenvalue weighted by molar-refractivity contribution is 9.13. The van der Waals surface area contributed by atoms with Gasteiger partial charge in [0, 0.05) is 15.9 Å². The topological polar surface area (TPSA) is 137 Å². The summed E-state index contributed by atoms with van der Waals surface area (Å²) in [5, 5.41) is 20.4. The average Bonchev–Trinajstić information content (AvgIpc) is 2.65. The van der Waals surface area contributed by atoms with Crippen LogP contribution in [0.15, 0.2) is 54.6 Å². The monoisotopic (exact) mass is 511 g/mol. The van der Waals surface area contributed by atoms with Gasteiger partial charge in [0.15, 0.2) is 11.3 Å². The van der Waals surface area contributed by atoms with Gasteiger partial charge in [-0.1, -0.05) is 12.1 Å². The minimum atomic E-state index is -1.48. The molecule has 0 saturated carbocycles. The fourth-order valence-electron chi connectivity index (χ4n) is 2.37. The molecular weight excluding hydrogens is 506 g/mol. The molecule has 28 heavy (non-hydrogen) atoms. The van der Waals surface area contributed by atoms with Gasteiger partial charge in [0.1, 0.15) is 11.1 Å². The van der Waals surface area contributed by atoms with E-state index in [0.29, 0.717) is 4.47 Å². The molecule has 0 aliphatic rings. The number of benzene rings is 2. The molecule has 0 bridgehead atoms. The molecule has 2 aromatic carbocycles. The first kappa shape index (κ1) is 19.7. The molecule has 3 rings (SSSR count). The number of fused-ring (bicyclic) bond motifs is 1. The van der Waals surface area contributed by atoms with Gasteiger partial charge in [-0.2, -0.15) is 0 Å². The second-order valence-corrected chi connectivity index (χ2v) is 6.98. The molecule has 0 aliphatic carbocycles. The van der Waals surface area contributed by atoms with E-state index in [0.717, 1.165) is 12.1 Å². The van der Waals surface area contributed by atoms with Gasteiger partial charge in [0.25, 0.3) is 5.69 Å². The van der Waals surface area contributed by atoms with E-state index in [1.54, 1.807) is 0 Å². The third kappa shape index (κ3) is 3.53. The number of carboxylic acids is 1. The number of carbonyl (C=O) groups is 2. The predicted octanol–water partition coefficient (Wildman–Crippen LogP) is 4.14. The Morgan fingerprint density at radius 3 is 2.46 bits per heavy atom. The van der Waals surface area contributed by atoms with Crippen molar-refractivity contribution in [3.8, 4) is 5.75 Å². The summed E-state index contributed by atoms with van der Waals surface area (Å²) in [7, 11) is 0. The summed E-state index contributed by atoms with van der Waals surface area (Å²) >= 11 is 6.40. The third-order valence-corrected chi connectivity index (χ3v) is 5.56. The van der Waals surface area contributed by atoms with Gasteiger partial charge >= 0.3 is 17.6 Å². The zero-order valence-electron chi connectivity index (χ0n) is 13.5. The first-order valence-corrected chi connectivity index (χ1v) is 8.94. The highest BCUT2D eigenvalue weighted by Gasteiger charge is 2.25. The van der Waals surface area contributed by atoms with E-state index in [9.17, 15) is 24.5 Å². The Morgan fingerprint density at radius 2 is 1.82 bits per heavy atom. The highest BCUT2D eigenvalue weighted by Crippen LogP contribution is 2.40. The first-order valence-electron chi connectivity index (χ1n) is 7.35. The van der Waals surface area contributed by atoms with Gasteiger partial charge in [-0.05, 0) is 50.1 Å². The number of nitro groups is 1. The molecule has 0 unspecified atom stereocenters. The summed E-state index contributed by atoms with van der Waals surface area (Å²) < 4.78 is 10.9. The maximum atomic E-state index is 12.5. The summed E-state index contributed by atoms with van der Waals surface area (Å²) in [5.41, 5.74) is -2.71. The molecular formula is C17H7Br2NO8. The Kier molecular flexibility index (Phi) is 5.29. The molecule has 0 spiro atoms. The van der Waals surface area contributed by atoms with Gasteiger partial charge in [0.2, 0.25) is 0 Å². The van der Waals surface area contributed by atoms with Crippen LogP contribution in [0.2, 0.25) is 0 Å². The first-order chi connectivity index (χ1) is 13.2. The number of hydrogen-bond donors (Lipinski definition) is 1. The van der Waals surface area contributed by atoms with Crippen molar-refractivity contribution in [3.63, 3.8) is 0 Å². The van der Waals surface area contributed by atoms with Crippen molar-refractivity contribution in [2.24, 2.45) is 0 Å². The Balaban J connectivity index is 2.18. The van der Waals surface area contributed by atoms with Crippen LogP contribution in [0, 0.1) is 10.1 Å². The lowest BCUT2D eigenvalue weighted by atomic mass is 10.1. The minimum Gasteiger partial charge on any atom is -0.477 e. The zero-order chi connectivity index (χ0) is 20.6. The third-order valence-electron chi connectivity index (χ3n) is 3.62. The van der Waals surface area contributed by atoms with E-state index >= 15 is 0 Å². The number of carbonyl (C=O) groups excluding carboxylic acids is 1. The molecule has 0 amide bonds. The normalized spacial score (nSPS) is 10.6. The van der Waals surface area contributed by atoms with E-state index in [2.05, 4.69) is 31.9 Å². The van der Waals surface area contributed by atoms with Gasteiger partial charge in [0.05, 0.1) is 9.40 Å². The molecule has 3 aromatic rings. The summed E-state index contributed by atoms with van der Waals surface area (Å²) in [6.45, 7) is 0. The van der Waals surface area contributed by atoms with Crippen molar-refractivity contribution in [1.82, 2.24) is 0 Å². The van der Waals surface area contributed by atoms with Crippen LogP contribution in [-0.4, -0.2) is 22.0 Å². The van der Waals surface area contributed by atoms with Crippen LogP contribution in [0.3, 0.4) is 0 Å². The number of ether oxygens (including phenoxy) is 1. The second-order valence-electron chi connectivity index (χ2n) is 5.34. The van der Waals surface area contributed by atoms with Crippen LogP contribution >= 0.6 is 31.9 Å². The highest BCUT2D eigenvalue weighted by atomic mass is 79.9. The average molecular weight is 513 g/mol. The zero-order valence-corrected chi connectivity index (χ0v) is 16.6. The number of aromatic carboxylic acids is 1. The smallest absolute Gasteiger partial charge is 0.351 e. The van der Waals surface area contributed by atoms with Crippen LogP contribution in [0.25, 0.3) is 11.0 Å².